The van der Waals surface area contributed by atoms with Crippen LogP contribution in [0.1, 0.15) is 57.8 Å². The molecule has 0 aromatic carbocycles. The molecule has 2 heterocycles. The van der Waals surface area contributed by atoms with Gasteiger partial charge in [0.15, 0.2) is 0 Å². The standard InChI is InChI=1S/C18H26BrN3S/c1-17(2,3)14-11-15(18(4,5)6)22(21-14)10-9-20-12-13-7-8-16(19)23-13/h7-8,11-12H,9-10H2,1-6H3. The Morgan fingerprint density at radius 2 is 1.87 bits per heavy atom. The van der Waals surface area contributed by atoms with E-state index in [-0.39, 0.29) is 10.8 Å². The van der Waals surface area contributed by atoms with Crippen molar-refractivity contribution in [3.05, 3.63) is 38.3 Å². The first-order valence-electron chi connectivity index (χ1n) is 7.91. The maximum Gasteiger partial charge on any atom is 0.0705 e. The average molecular weight is 396 g/mol. The molecule has 0 aliphatic rings. The third kappa shape index (κ3) is 5.01. The Bertz CT molecular complexity index is 684. The Morgan fingerprint density at radius 1 is 1.17 bits per heavy atom. The molecule has 5 heteroatoms. The summed E-state index contributed by atoms with van der Waals surface area (Å²) in [5, 5.41) is 4.83. The summed E-state index contributed by atoms with van der Waals surface area (Å²) in [5.41, 5.74) is 2.57. The van der Waals surface area contributed by atoms with Gasteiger partial charge in [-0.3, -0.25) is 9.67 Å². The molecule has 0 atom stereocenters. The van der Waals surface area contributed by atoms with E-state index in [1.54, 1.807) is 11.3 Å². The fraction of sp³-hybridized carbons (Fsp3) is 0.556. The van der Waals surface area contributed by atoms with E-state index in [2.05, 4.69) is 79.3 Å². The maximum absolute atomic E-state index is 4.83. The summed E-state index contributed by atoms with van der Waals surface area (Å²) >= 11 is 5.17. The van der Waals surface area contributed by atoms with Gasteiger partial charge in [0.05, 0.1) is 22.6 Å². The molecule has 0 saturated heterocycles. The summed E-state index contributed by atoms with van der Waals surface area (Å²) in [7, 11) is 0. The summed E-state index contributed by atoms with van der Waals surface area (Å²) < 4.78 is 3.26. The van der Waals surface area contributed by atoms with Gasteiger partial charge in [0.2, 0.25) is 0 Å². The zero-order valence-electron chi connectivity index (χ0n) is 14.9. The van der Waals surface area contributed by atoms with E-state index in [1.807, 2.05) is 12.3 Å². The molecule has 0 radical (unpaired) electrons. The lowest BCUT2D eigenvalue weighted by Crippen LogP contribution is -2.19. The molecule has 0 spiro atoms. The number of aromatic nitrogens is 2. The SMILES string of the molecule is CC(C)(C)c1cc(C(C)(C)C)n(CCN=Cc2ccc(Br)s2)n1. The highest BCUT2D eigenvalue weighted by molar-refractivity contribution is 9.11. The molecule has 0 aliphatic heterocycles. The van der Waals surface area contributed by atoms with Crippen LogP contribution in [0.2, 0.25) is 0 Å². The first kappa shape index (κ1) is 18.4. The minimum atomic E-state index is 0.0672. The summed E-state index contributed by atoms with van der Waals surface area (Å²) in [4.78, 5) is 5.72. The van der Waals surface area contributed by atoms with Crippen LogP contribution in [0, 0.1) is 0 Å². The Labute approximate surface area is 152 Å². The van der Waals surface area contributed by atoms with Crippen LogP contribution in [0.4, 0.5) is 0 Å². The lowest BCUT2D eigenvalue weighted by molar-refractivity contribution is 0.480. The van der Waals surface area contributed by atoms with Crippen LogP contribution in [0.15, 0.2) is 27.0 Å². The van der Waals surface area contributed by atoms with Gasteiger partial charge in [0, 0.05) is 27.6 Å². The van der Waals surface area contributed by atoms with E-state index in [9.17, 15) is 0 Å². The van der Waals surface area contributed by atoms with Crippen molar-refractivity contribution in [2.75, 3.05) is 6.54 Å². The predicted octanol–water partition coefficient (Wildman–Crippen LogP) is 5.42. The van der Waals surface area contributed by atoms with E-state index in [0.717, 1.165) is 22.6 Å². The second kappa shape index (κ2) is 6.89. The molecule has 0 amide bonds. The molecule has 126 valence electrons. The second-order valence-corrected chi connectivity index (χ2v) is 10.3. The molecule has 0 saturated carbocycles. The quantitative estimate of drug-likeness (QED) is 0.635. The molecule has 0 unspecified atom stereocenters. The summed E-state index contributed by atoms with van der Waals surface area (Å²) in [5.74, 6) is 0. The van der Waals surface area contributed by atoms with Crippen LogP contribution in [0.25, 0.3) is 0 Å². The Kier molecular flexibility index (Phi) is 5.52. The minimum absolute atomic E-state index is 0.0672. The number of thiophene rings is 1. The normalized spacial score (nSPS) is 13.2. The Morgan fingerprint density at radius 3 is 2.39 bits per heavy atom. The van der Waals surface area contributed by atoms with Crippen molar-refractivity contribution in [2.24, 2.45) is 4.99 Å². The van der Waals surface area contributed by atoms with Crippen molar-refractivity contribution in [1.29, 1.82) is 0 Å². The molecule has 2 rings (SSSR count). The summed E-state index contributed by atoms with van der Waals surface area (Å²) in [6, 6.07) is 6.37. The van der Waals surface area contributed by atoms with E-state index in [1.165, 1.54) is 10.6 Å². The molecule has 0 bridgehead atoms. The van der Waals surface area contributed by atoms with E-state index >= 15 is 0 Å². The predicted molar refractivity (Wildman–Crippen MR) is 104 cm³/mol. The molecule has 3 nitrogen and oxygen atoms in total. The van der Waals surface area contributed by atoms with Gasteiger partial charge in [-0.2, -0.15) is 5.10 Å². The minimum Gasteiger partial charge on any atom is -0.290 e. The first-order chi connectivity index (χ1) is 10.6. The number of aliphatic imine (C=N–C) groups is 1. The third-order valence-electron chi connectivity index (χ3n) is 3.57. The lowest BCUT2D eigenvalue weighted by atomic mass is 9.88. The van der Waals surface area contributed by atoms with Crippen LogP contribution in [0.3, 0.4) is 0 Å². The van der Waals surface area contributed by atoms with Gasteiger partial charge in [0.1, 0.15) is 0 Å². The van der Waals surface area contributed by atoms with Crippen molar-refractivity contribution in [1.82, 2.24) is 9.78 Å². The molecular formula is C18H26BrN3S. The zero-order valence-corrected chi connectivity index (χ0v) is 17.3. The number of rotatable bonds is 4. The van der Waals surface area contributed by atoms with Gasteiger partial charge >= 0.3 is 0 Å². The smallest absolute Gasteiger partial charge is 0.0705 e. The monoisotopic (exact) mass is 395 g/mol. The van der Waals surface area contributed by atoms with Crippen LogP contribution in [-0.2, 0) is 17.4 Å². The fourth-order valence-corrected chi connectivity index (χ4v) is 3.58. The van der Waals surface area contributed by atoms with Crippen LogP contribution in [0.5, 0.6) is 0 Å². The van der Waals surface area contributed by atoms with Crippen molar-refractivity contribution >= 4 is 33.5 Å². The molecule has 2 aromatic heterocycles. The zero-order chi connectivity index (χ0) is 17.3. The molecule has 0 aliphatic carbocycles. The molecule has 2 aromatic rings. The third-order valence-corrected chi connectivity index (χ3v) is 5.13. The van der Waals surface area contributed by atoms with Gasteiger partial charge in [-0.15, -0.1) is 11.3 Å². The maximum atomic E-state index is 4.83. The van der Waals surface area contributed by atoms with Crippen molar-refractivity contribution in [2.45, 2.75) is 58.9 Å². The Balaban J connectivity index is 2.12. The van der Waals surface area contributed by atoms with Crippen LogP contribution < -0.4 is 0 Å². The number of nitrogens with zero attached hydrogens (tertiary/aromatic N) is 3. The van der Waals surface area contributed by atoms with Gasteiger partial charge in [0.25, 0.3) is 0 Å². The largest absolute Gasteiger partial charge is 0.290 e. The van der Waals surface area contributed by atoms with Crippen LogP contribution in [-0.4, -0.2) is 22.5 Å². The Hall–Kier alpha value is -0.940. The van der Waals surface area contributed by atoms with E-state index in [4.69, 9.17) is 5.10 Å². The molecule has 0 fully saturated rings. The van der Waals surface area contributed by atoms with Crippen molar-refractivity contribution < 1.29 is 0 Å². The highest BCUT2D eigenvalue weighted by atomic mass is 79.9. The summed E-state index contributed by atoms with van der Waals surface area (Å²) in [6.07, 6.45) is 1.94. The first-order valence-corrected chi connectivity index (χ1v) is 9.52. The van der Waals surface area contributed by atoms with E-state index in [0.29, 0.717) is 0 Å². The number of hydrogen-bond acceptors (Lipinski definition) is 3. The van der Waals surface area contributed by atoms with Crippen molar-refractivity contribution in [3.63, 3.8) is 0 Å². The van der Waals surface area contributed by atoms with Crippen molar-refractivity contribution in [3.8, 4) is 0 Å². The average Bonchev–Trinajstić information content (AvgIpc) is 2.99. The fourth-order valence-electron chi connectivity index (χ4n) is 2.26. The molecule has 0 N–H and O–H groups in total. The van der Waals surface area contributed by atoms with Gasteiger partial charge < -0.3 is 0 Å². The lowest BCUT2D eigenvalue weighted by Gasteiger charge is -2.19. The highest BCUT2D eigenvalue weighted by Crippen LogP contribution is 2.28. The van der Waals surface area contributed by atoms with Gasteiger partial charge in [-0.1, -0.05) is 41.5 Å². The molecule has 23 heavy (non-hydrogen) atoms. The van der Waals surface area contributed by atoms with Gasteiger partial charge in [-0.25, -0.2) is 0 Å². The second-order valence-electron chi connectivity index (χ2n) is 7.82. The molecular weight excluding hydrogens is 370 g/mol. The summed E-state index contributed by atoms with van der Waals surface area (Å²) in [6.45, 7) is 14.9. The van der Waals surface area contributed by atoms with E-state index < -0.39 is 0 Å². The highest BCUT2D eigenvalue weighted by Gasteiger charge is 2.25. The topological polar surface area (TPSA) is 30.2 Å². The van der Waals surface area contributed by atoms with Crippen LogP contribution >= 0.6 is 27.3 Å². The number of halogens is 1. The number of hydrogen-bond donors (Lipinski definition) is 0. The van der Waals surface area contributed by atoms with Gasteiger partial charge in [-0.05, 0) is 34.1 Å².